The van der Waals surface area contributed by atoms with Crippen molar-refractivity contribution in [3.05, 3.63) is 12.2 Å². The lowest BCUT2D eigenvalue weighted by Crippen LogP contribution is -2.24. The second kappa shape index (κ2) is 14.6. The predicted octanol–water partition coefficient (Wildman–Crippen LogP) is 6.05. The summed E-state index contributed by atoms with van der Waals surface area (Å²) in [6.07, 6.45) is 6.57. The Bertz CT molecular complexity index is 425. The van der Waals surface area contributed by atoms with Crippen LogP contribution in [0.15, 0.2) is 12.2 Å². The molecule has 4 nitrogen and oxygen atoms in total. The van der Waals surface area contributed by atoms with E-state index in [1.54, 1.807) is 0 Å². The molecule has 28 heavy (non-hydrogen) atoms. The molecule has 0 aliphatic carbocycles. The fraction of sp³-hybridized carbons (Fsp3) is 0.833. The maximum atomic E-state index is 12.0. The molecule has 0 saturated carbocycles. The first-order valence-corrected chi connectivity index (χ1v) is 11.1. The molecule has 0 rings (SSSR count). The molecule has 4 atom stereocenters. The lowest BCUT2D eigenvalue weighted by Gasteiger charge is -2.26. The number of carbonyl (C=O) groups is 2. The molecule has 4 unspecified atom stereocenters. The molecule has 4 heteroatoms. The van der Waals surface area contributed by atoms with Crippen LogP contribution in [-0.4, -0.2) is 25.2 Å². The van der Waals surface area contributed by atoms with Gasteiger partial charge in [-0.05, 0) is 48.3 Å². The second-order valence-corrected chi connectivity index (χ2v) is 8.90. The lowest BCUT2D eigenvalue weighted by atomic mass is 9.83. The van der Waals surface area contributed by atoms with Gasteiger partial charge in [0.2, 0.25) is 0 Å². The van der Waals surface area contributed by atoms with Crippen LogP contribution in [0.25, 0.3) is 0 Å². The quantitative estimate of drug-likeness (QED) is 0.265. The molecule has 0 amide bonds. The van der Waals surface area contributed by atoms with Gasteiger partial charge in [-0.3, -0.25) is 0 Å². The van der Waals surface area contributed by atoms with Crippen molar-refractivity contribution >= 4 is 11.9 Å². The molecule has 0 radical (unpaired) electrons. The highest BCUT2D eigenvalue weighted by atomic mass is 16.5. The Morgan fingerprint density at radius 2 is 1.00 bits per heavy atom. The molecule has 0 spiro atoms. The van der Waals surface area contributed by atoms with Gasteiger partial charge in [0.25, 0.3) is 0 Å². The van der Waals surface area contributed by atoms with E-state index in [2.05, 4.69) is 55.4 Å². The van der Waals surface area contributed by atoms with Crippen molar-refractivity contribution in [3.63, 3.8) is 0 Å². The van der Waals surface area contributed by atoms with Crippen molar-refractivity contribution < 1.29 is 19.1 Å². The standard InChI is InChI=1S/C24H44O4/c1-9-11-21(19(7)17(3)4)15-27-23(25)13-14-24(26)28-16-22(12-10-2)20(8)18(5)6/h13-14,17-22H,9-12,15-16H2,1-8H3/b14-13-. The lowest BCUT2D eigenvalue weighted by molar-refractivity contribution is -0.142. The largest absolute Gasteiger partial charge is 0.462 e. The van der Waals surface area contributed by atoms with E-state index in [0.29, 0.717) is 48.7 Å². The SMILES string of the molecule is CCCC(COC(=O)/C=C\C(=O)OCC(CCC)C(C)C(C)C)C(C)C(C)C. The number of carbonyl (C=O) groups excluding carboxylic acids is 2. The first-order chi connectivity index (χ1) is 13.1. The van der Waals surface area contributed by atoms with Crippen LogP contribution in [0.5, 0.6) is 0 Å². The Kier molecular flexibility index (Phi) is 14.0. The highest BCUT2D eigenvalue weighted by Gasteiger charge is 2.22. The summed E-state index contributed by atoms with van der Waals surface area (Å²) < 4.78 is 10.8. The summed E-state index contributed by atoms with van der Waals surface area (Å²) in [5, 5.41) is 0. The van der Waals surface area contributed by atoms with Gasteiger partial charge in [0.15, 0.2) is 0 Å². The van der Waals surface area contributed by atoms with Gasteiger partial charge in [0, 0.05) is 12.2 Å². The molecule has 0 aromatic rings. The molecule has 0 heterocycles. The maximum Gasteiger partial charge on any atom is 0.331 e. The van der Waals surface area contributed by atoms with E-state index in [-0.39, 0.29) is 0 Å². The Labute approximate surface area is 173 Å². The molecular formula is C24H44O4. The fourth-order valence-corrected chi connectivity index (χ4v) is 3.44. The van der Waals surface area contributed by atoms with E-state index in [0.717, 1.165) is 25.7 Å². The number of hydrogen-bond donors (Lipinski definition) is 0. The minimum atomic E-state index is -0.477. The van der Waals surface area contributed by atoms with Gasteiger partial charge in [-0.2, -0.15) is 0 Å². The first kappa shape index (κ1) is 26.7. The normalized spacial score (nSPS) is 16.2. The van der Waals surface area contributed by atoms with E-state index >= 15 is 0 Å². The third-order valence-corrected chi connectivity index (χ3v) is 6.14. The summed E-state index contributed by atoms with van der Waals surface area (Å²) in [5.74, 6) is 1.81. The molecule has 164 valence electrons. The average Bonchev–Trinajstić information content (AvgIpc) is 2.65. The number of ether oxygens (including phenoxy) is 2. The van der Waals surface area contributed by atoms with E-state index in [1.165, 1.54) is 12.2 Å². The molecule has 0 aromatic heterocycles. The van der Waals surface area contributed by atoms with E-state index < -0.39 is 11.9 Å². The zero-order valence-electron chi connectivity index (χ0n) is 19.5. The van der Waals surface area contributed by atoms with Gasteiger partial charge in [0.05, 0.1) is 13.2 Å². The molecule has 0 bridgehead atoms. The van der Waals surface area contributed by atoms with E-state index in [1.807, 2.05) is 0 Å². The van der Waals surface area contributed by atoms with Crippen molar-refractivity contribution in [3.8, 4) is 0 Å². The first-order valence-electron chi connectivity index (χ1n) is 11.1. The van der Waals surface area contributed by atoms with Gasteiger partial charge in [-0.15, -0.1) is 0 Å². The zero-order chi connectivity index (χ0) is 21.7. The molecule has 0 aliphatic rings. The molecule has 0 fully saturated rings. The van der Waals surface area contributed by atoms with Crippen LogP contribution < -0.4 is 0 Å². The van der Waals surface area contributed by atoms with Gasteiger partial charge in [-0.1, -0.05) is 68.2 Å². The van der Waals surface area contributed by atoms with Crippen molar-refractivity contribution in [1.29, 1.82) is 0 Å². The molecule has 0 saturated heterocycles. The van der Waals surface area contributed by atoms with Crippen LogP contribution in [0.3, 0.4) is 0 Å². The van der Waals surface area contributed by atoms with Crippen LogP contribution in [0.2, 0.25) is 0 Å². The van der Waals surface area contributed by atoms with E-state index in [4.69, 9.17) is 9.47 Å². The van der Waals surface area contributed by atoms with Crippen LogP contribution in [0.4, 0.5) is 0 Å². The van der Waals surface area contributed by atoms with Crippen LogP contribution >= 0.6 is 0 Å². The van der Waals surface area contributed by atoms with Crippen molar-refractivity contribution in [2.24, 2.45) is 35.5 Å². The third kappa shape index (κ3) is 10.9. The zero-order valence-corrected chi connectivity index (χ0v) is 19.5. The summed E-state index contributed by atoms with van der Waals surface area (Å²) in [7, 11) is 0. The second-order valence-electron chi connectivity index (χ2n) is 8.90. The van der Waals surface area contributed by atoms with Gasteiger partial charge in [-0.25, -0.2) is 9.59 Å². The number of hydrogen-bond acceptors (Lipinski definition) is 4. The van der Waals surface area contributed by atoms with E-state index in [9.17, 15) is 9.59 Å². The highest BCUT2D eigenvalue weighted by molar-refractivity contribution is 5.91. The maximum absolute atomic E-state index is 12.0. The van der Waals surface area contributed by atoms with Crippen molar-refractivity contribution in [1.82, 2.24) is 0 Å². The molecule has 0 N–H and O–H groups in total. The third-order valence-electron chi connectivity index (χ3n) is 6.14. The fourth-order valence-electron chi connectivity index (χ4n) is 3.44. The summed E-state index contributed by atoms with van der Waals surface area (Å²) in [4.78, 5) is 23.9. The van der Waals surface area contributed by atoms with Gasteiger partial charge >= 0.3 is 11.9 Å². The topological polar surface area (TPSA) is 52.6 Å². The van der Waals surface area contributed by atoms with Crippen LogP contribution in [0.1, 0.15) is 81.1 Å². The number of rotatable bonds is 14. The minimum absolute atomic E-state index is 0.349. The molecule has 0 aliphatic heterocycles. The Balaban J connectivity index is 4.49. The predicted molar refractivity (Wildman–Crippen MR) is 116 cm³/mol. The van der Waals surface area contributed by atoms with Gasteiger partial charge in [0.1, 0.15) is 0 Å². The highest BCUT2D eigenvalue weighted by Crippen LogP contribution is 2.26. The van der Waals surface area contributed by atoms with Crippen LogP contribution in [-0.2, 0) is 19.1 Å². The molecular weight excluding hydrogens is 352 g/mol. The Hall–Kier alpha value is -1.32. The Morgan fingerprint density at radius 3 is 1.25 bits per heavy atom. The number of esters is 2. The summed E-state index contributed by atoms with van der Waals surface area (Å²) in [6.45, 7) is 18.3. The monoisotopic (exact) mass is 396 g/mol. The van der Waals surface area contributed by atoms with Gasteiger partial charge < -0.3 is 9.47 Å². The Morgan fingerprint density at radius 1 is 0.679 bits per heavy atom. The molecule has 0 aromatic carbocycles. The van der Waals surface area contributed by atoms with Crippen molar-refractivity contribution in [2.75, 3.05) is 13.2 Å². The van der Waals surface area contributed by atoms with Crippen molar-refractivity contribution in [2.45, 2.75) is 81.1 Å². The summed E-state index contributed by atoms with van der Waals surface area (Å²) in [6, 6.07) is 0. The smallest absolute Gasteiger partial charge is 0.331 e. The summed E-state index contributed by atoms with van der Waals surface area (Å²) >= 11 is 0. The average molecular weight is 397 g/mol. The summed E-state index contributed by atoms with van der Waals surface area (Å²) in [5.41, 5.74) is 0. The van der Waals surface area contributed by atoms with Crippen LogP contribution in [0, 0.1) is 35.5 Å². The minimum Gasteiger partial charge on any atom is -0.462 e.